The Balaban J connectivity index is 1.94. The van der Waals surface area contributed by atoms with Gasteiger partial charge in [0.2, 0.25) is 0 Å². The number of hydrogen-bond acceptors (Lipinski definition) is 5. The Morgan fingerprint density at radius 2 is 2.35 bits per heavy atom. The molecule has 2 N–H and O–H groups in total. The van der Waals surface area contributed by atoms with Crippen molar-refractivity contribution < 1.29 is 9.53 Å². The third-order valence-electron chi connectivity index (χ3n) is 2.50. The number of aromatic nitrogens is 1. The van der Waals surface area contributed by atoms with Crippen molar-refractivity contribution in [3.63, 3.8) is 0 Å². The van der Waals surface area contributed by atoms with Crippen LogP contribution in [0.5, 0.6) is 0 Å². The van der Waals surface area contributed by atoms with E-state index in [-0.39, 0.29) is 5.91 Å². The Morgan fingerprint density at radius 3 is 3.00 bits per heavy atom. The van der Waals surface area contributed by atoms with Gasteiger partial charge in [-0.2, -0.15) is 0 Å². The van der Waals surface area contributed by atoms with E-state index in [1.54, 1.807) is 7.11 Å². The van der Waals surface area contributed by atoms with E-state index in [0.29, 0.717) is 24.1 Å². The van der Waals surface area contributed by atoms with Gasteiger partial charge in [0, 0.05) is 19.7 Å². The molecule has 0 saturated heterocycles. The number of aryl methyl sites for hydroxylation is 1. The Kier molecular flexibility index (Phi) is 3.96. The molecule has 1 fully saturated rings. The van der Waals surface area contributed by atoms with Crippen LogP contribution in [-0.4, -0.2) is 37.2 Å². The highest BCUT2D eigenvalue weighted by molar-refractivity contribution is 7.17. The van der Waals surface area contributed by atoms with Crippen molar-refractivity contribution in [3.05, 3.63) is 10.6 Å². The molecule has 94 valence electrons. The average molecular weight is 255 g/mol. The summed E-state index contributed by atoms with van der Waals surface area (Å²) in [6.07, 6.45) is 2.20. The molecule has 1 saturated carbocycles. The quantitative estimate of drug-likeness (QED) is 0.754. The minimum atomic E-state index is 0.00212. The number of thiazole rings is 1. The maximum absolute atomic E-state index is 11.9. The van der Waals surface area contributed by atoms with Gasteiger partial charge in [-0.05, 0) is 19.8 Å². The fourth-order valence-electron chi connectivity index (χ4n) is 1.42. The second-order valence-electron chi connectivity index (χ2n) is 4.10. The molecule has 1 aromatic heterocycles. The summed E-state index contributed by atoms with van der Waals surface area (Å²) in [6.45, 7) is 3.19. The number of anilines is 1. The molecule has 1 amide bonds. The first-order valence-corrected chi connectivity index (χ1v) is 6.53. The maximum Gasteiger partial charge on any atom is 0.263 e. The molecule has 6 heteroatoms. The van der Waals surface area contributed by atoms with Gasteiger partial charge in [0.15, 0.2) is 5.13 Å². The smallest absolute Gasteiger partial charge is 0.263 e. The zero-order valence-electron chi connectivity index (χ0n) is 10.1. The van der Waals surface area contributed by atoms with Crippen LogP contribution in [0.2, 0.25) is 0 Å². The summed E-state index contributed by atoms with van der Waals surface area (Å²) in [6, 6.07) is 0.383. The van der Waals surface area contributed by atoms with Crippen molar-refractivity contribution in [2.45, 2.75) is 25.8 Å². The number of methoxy groups -OCH3 is 1. The maximum atomic E-state index is 11.9. The van der Waals surface area contributed by atoms with Gasteiger partial charge in [-0.25, -0.2) is 4.98 Å². The lowest BCUT2D eigenvalue weighted by Crippen LogP contribution is -2.25. The SMILES string of the molecule is COCCNc1nc(C)c(C(=O)NC2CC2)s1. The monoisotopic (exact) mass is 255 g/mol. The van der Waals surface area contributed by atoms with Crippen LogP contribution in [0.3, 0.4) is 0 Å². The van der Waals surface area contributed by atoms with Crippen molar-refractivity contribution in [1.82, 2.24) is 10.3 Å². The molecule has 0 bridgehead atoms. The minimum absolute atomic E-state index is 0.00212. The predicted octanol–water partition coefficient (Wildman–Crippen LogP) is 1.40. The Labute approximate surface area is 105 Å². The number of rotatable bonds is 6. The normalized spacial score (nSPS) is 14.7. The van der Waals surface area contributed by atoms with Gasteiger partial charge in [0.25, 0.3) is 5.91 Å². The van der Waals surface area contributed by atoms with Crippen molar-refractivity contribution >= 4 is 22.4 Å². The summed E-state index contributed by atoms with van der Waals surface area (Å²) >= 11 is 1.40. The van der Waals surface area contributed by atoms with Crippen LogP contribution >= 0.6 is 11.3 Å². The van der Waals surface area contributed by atoms with Gasteiger partial charge in [0.05, 0.1) is 12.3 Å². The molecule has 1 aliphatic rings. The molecule has 0 radical (unpaired) electrons. The molecular weight excluding hydrogens is 238 g/mol. The number of nitrogens with zero attached hydrogens (tertiary/aromatic N) is 1. The standard InChI is InChI=1S/C11H17N3O2S/c1-7-9(10(15)14-8-3-4-8)17-11(13-7)12-5-6-16-2/h8H,3-6H2,1-2H3,(H,12,13)(H,14,15). The summed E-state index contributed by atoms with van der Waals surface area (Å²) in [5, 5.41) is 6.88. The summed E-state index contributed by atoms with van der Waals surface area (Å²) in [5.74, 6) is 0.00212. The zero-order chi connectivity index (χ0) is 12.3. The summed E-state index contributed by atoms with van der Waals surface area (Å²) in [7, 11) is 1.66. The first kappa shape index (κ1) is 12.3. The van der Waals surface area contributed by atoms with Crippen molar-refractivity contribution in [3.8, 4) is 0 Å². The molecule has 17 heavy (non-hydrogen) atoms. The van der Waals surface area contributed by atoms with E-state index >= 15 is 0 Å². The second kappa shape index (κ2) is 5.46. The highest BCUT2D eigenvalue weighted by Crippen LogP contribution is 2.24. The highest BCUT2D eigenvalue weighted by atomic mass is 32.1. The summed E-state index contributed by atoms with van der Waals surface area (Å²) < 4.78 is 4.94. The average Bonchev–Trinajstić information content (AvgIpc) is 3.02. The van der Waals surface area contributed by atoms with Crippen molar-refractivity contribution in [1.29, 1.82) is 0 Å². The van der Waals surface area contributed by atoms with E-state index in [4.69, 9.17) is 4.74 Å². The molecule has 1 aromatic rings. The van der Waals surface area contributed by atoms with Crippen LogP contribution in [0.25, 0.3) is 0 Å². The lowest BCUT2D eigenvalue weighted by molar-refractivity contribution is 0.0954. The molecule has 5 nitrogen and oxygen atoms in total. The third kappa shape index (κ3) is 3.41. The summed E-state index contributed by atoms with van der Waals surface area (Å²) in [5.41, 5.74) is 0.785. The largest absolute Gasteiger partial charge is 0.383 e. The number of carbonyl (C=O) groups excluding carboxylic acids is 1. The van der Waals surface area contributed by atoms with Crippen LogP contribution in [0, 0.1) is 6.92 Å². The van der Waals surface area contributed by atoms with Gasteiger partial charge >= 0.3 is 0 Å². The Bertz CT molecular complexity index is 401. The lowest BCUT2D eigenvalue weighted by Gasteiger charge is -2.00. The number of carbonyl (C=O) groups is 1. The van der Waals surface area contributed by atoms with Crippen molar-refractivity contribution in [2.75, 3.05) is 25.6 Å². The Morgan fingerprint density at radius 1 is 1.59 bits per heavy atom. The first-order valence-electron chi connectivity index (χ1n) is 5.72. The number of amides is 1. The zero-order valence-corrected chi connectivity index (χ0v) is 10.9. The molecule has 0 atom stereocenters. The molecule has 0 aliphatic heterocycles. The van der Waals surface area contributed by atoms with Crippen molar-refractivity contribution in [2.24, 2.45) is 0 Å². The fourth-order valence-corrected chi connectivity index (χ4v) is 2.32. The van der Waals surface area contributed by atoms with Gasteiger partial charge < -0.3 is 15.4 Å². The van der Waals surface area contributed by atoms with E-state index in [1.165, 1.54) is 11.3 Å². The third-order valence-corrected chi connectivity index (χ3v) is 3.61. The molecule has 2 rings (SSSR count). The van der Waals surface area contributed by atoms with E-state index in [0.717, 1.165) is 23.7 Å². The number of ether oxygens (including phenoxy) is 1. The molecule has 0 unspecified atom stereocenters. The van der Waals surface area contributed by atoms with Crippen LogP contribution < -0.4 is 10.6 Å². The van der Waals surface area contributed by atoms with E-state index < -0.39 is 0 Å². The molecule has 1 aliphatic carbocycles. The first-order chi connectivity index (χ1) is 8.20. The second-order valence-corrected chi connectivity index (χ2v) is 5.10. The van der Waals surface area contributed by atoms with Gasteiger partial charge in [-0.15, -0.1) is 0 Å². The summed E-state index contributed by atoms with van der Waals surface area (Å²) in [4.78, 5) is 16.9. The van der Waals surface area contributed by atoms with Gasteiger partial charge in [-0.1, -0.05) is 11.3 Å². The molecule has 0 spiro atoms. The van der Waals surface area contributed by atoms with Gasteiger partial charge in [0.1, 0.15) is 4.88 Å². The van der Waals surface area contributed by atoms with E-state index in [2.05, 4.69) is 15.6 Å². The van der Waals surface area contributed by atoms with Crippen LogP contribution in [0.15, 0.2) is 0 Å². The lowest BCUT2D eigenvalue weighted by atomic mass is 10.4. The van der Waals surface area contributed by atoms with Crippen LogP contribution in [0.1, 0.15) is 28.2 Å². The molecule has 0 aromatic carbocycles. The highest BCUT2D eigenvalue weighted by Gasteiger charge is 2.25. The predicted molar refractivity (Wildman–Crippen MR) is 67.7 cm³/mol. The fraction of sp³-hybridized carbons (Fsp3) is 0.636. The van der Waals surface area contributed by atoms with E-state index in [1.807, 2.05) is 6.92 Å². The van der Waals surface area contributed by atoms with Gasteiger partial charge in [-0.3, -0.25) is 4.79 Å². The molecular formula is C11H17N3O2S. The number of nitrogens with one attached hydrogen (secondary N) is 2. The Hall–Kier alpha value is -1.14. The van der Waals surface area contributed by atoms with Crippen LogP contribution in [-0.2, 0) is 4.74 Å². The van der Waals surface area contributed by atoms with Crippen LogP contribution in [0.4, 0.5) is 5.13 Å². The molecule has 1 heterocycles. The minimum Gasteiger partial charge on any atom is -0.383 e. The number of hydrogen-bond donors (Lipinski definition) is 2. The van der Waals surface area contributed by atoms with E-state index in [9.17, 15) is 4.79 Å². The topological polar surface area (TPSA) is 63.2 Å².